The minimum absolute atomic E-state index is 0.200. The van der Waals surface area contributed by atoms with Crippen LogP contribution < -0.4 is 10.4 Å². The van der Waals surface area contributed by atoms with E-state index in [1.54, 1.807) is 6.07 Å². The molecular formula is C19H20N4O3S. The molecule has 0 aliphatic heterocycles. The maximum absolute atomic E-state index is 11.6. The molecule has 2 heterocycles. The maximum Gasteiger partial charge on any atom is 0.323 e. The average molecular weight is 384 g/mol. The molecule has 0 fully saturated rings. The number of fused-ring (bicyclic) bond motifs is 2. The molecule has 2 aromatic heterocycles. The van der Waals surface area contributed by atoms with Crippen LogP contribution in [0.15, 0.2) is 47.4 Å². The molecule has 0 unspecified atom stereocenters. The number of hydrogen-bond donors (Lipinski definition) is 3. The molecule has 0 saturated heterocycles. The number of H-pyrrole nitrogens is 2. The van der Waals surface area contributed by atoms with Gasteiger partial charge in [0.1, 0.15) is 0 Å². The summed E-state index contributed by atoms with van der Waals surface area (Å²) < 4.78 is 27.8. The molecule has 0 aliphatic carbocycles. The van der Waals surface area contributed by atoms with Gasteiger partial charge in [-0.25, -0.2) is 13.2 Å². The van der Waals surface area contributed by atoms with E-state index >= 15 is 0 Å². The molecule has 3 N–H and O–H groups in total. The van der Waals surface area contributed by atoms with E-state index in [0.717, 1.165) is 39.3 Å². The highest BCUT2D eigenvalue weighted by Crippen LogP contribution is 2.35. The predicted molar refractivity (Wildman–Crippen MR) is 109 cm³/mol. The minimum Gasteiger partial charge on any atom is -0.344 e. The highest BCUT2D eigenvalue weighted by Gasteiger charge is 2.14. The van der Waals surface area contributed by atoms with Gasteiger partial charge in [-0.2, -0.15) is 0 Å². The molecule has 140 valence electrons. The monoisotopic (exact) mass is 384 g/mol. The number of nitrogens with one attached hydrogen (secondary N) is 3. The lowest BCUT2D eigenvalue weighted by Gasteiger charge is -2.10. The van der Waals surface area contributed by atoms with Crippen molar-refractivity contribution in [1.29, 1.82) is 0 Å². The van der Waals surface area contributed by atoms with Crippen LogP contribution in [0.3, 0.4) is 0 Å². The number of aromatic amines is 2. The number of hydrogen-bond acceptors (Lipinski definition) is 3. The number of nitrogens with zero attached hydrogens (tertiary/aromatic N) is 1. The highest BCUT2D eigenvalue weighted by molar-refractivity contribution is 7.92. The quantitative estimate of drug-likeness (QED) is 0.502. The third-order valence-electron chi connectivity index (χ3n) is 4.52. The molecule has 0 radical (unpaired) electrons. The lowest BCUT2D eigenvalue weighted by molar-refractivity contribution is 0.607. The fourth-order valence-corrected chi connectivity index (χ4v) is 3.94. The number of benzene rings is 2. The lowest BCUT2D eigenvalue weighted by atomic mass is 10.0. The molecule has 2 aromatic carbocycles. The molecule has 4 aromatic rings. The lowest BCUT2D eigenvalue weighted by Crippen LogP contribution is -2.09. The molecule has 0 atom stereocenters. The normalized spacial score (nSPS) is 12.3. The summed E-state index contributed by atoms with van der Waals surface area (Å²) in [5.41, 5.74) is 4.75. The van der Waals surface area contributed by atoms with E-state index in [1.807, 2.05) is 30.3 Å². The third-order valence-corrected chi connectivity index (χ3v) is 5.13. The molecule has 7 nitrogen and oxygen atoms in total. The Kier molecular flexibility index (Phi) is 3.88. The fourth-order valence-electron chi connectivity index (χ4n) is 3.39. The van der Waals surface area contributed by atoms with Gasteiger partial charge in [-0.3, -0.25) is 4.72 Å². The van der Waals surface area contributed by atoms with Crippen LogP contribution in [0.2, 0.25) is 0 Å². The Morgan fingerprint density at radius 3 is 2.48 bits per heavy atom. The first-order valence-corrected chi connectivity index (χ1v) is 10.5. The maximum atomic E-state index is 11.6. The molecular weight excluding hydrogens is 364 g/mol. The highest BCUT2D eigenvalue weighted by atomic mass is 32.2. The summed E-state index contributed by atoms with van der Waals surface area (Å²) in [4.78, 5) is 17.1. The van der Waals surface area contributed by atoms with Crippen LogP contribution in [0.4, 0.5) is 5.69 Å². The van der Waals surface area contributed by atoms with Crippen molar-refractivity contribution >= 4 is 37.6 Å². The van der Waals surface area contributed by atoms with Gasteiger partial charge in [0.05, 0.1) is 28.5 Å². The van der Waals surface area contributed by atoms with Gasteiger partial charge in [-0.1, -0.05) is 12.1 Å². The van der Waals surface area contributed by atoms with Gasteiger partial charge < -0.3 is 14.5 Å². The van der Waals surface area contributed by atoms with E-state index < -0.39 is 10.0 Å². The smallest absolute Gasteiger partial charge is 0.323 e. The van der Waals surface area contributed by atoms with Gasteiger partial charge >= 0.3 is 5.69 Å². The van der Waals surface area contributed by atoms with E-state index in [9.17, 15) is 13.2 Å². The Hall–Kier alpha value is -3.00. The topological polar surface area (TPSA) is 99.8 Å². The Balaban J connectivity index is 1.93. The van der Waals surface area contributed by atoms with Crippen molar-refractivity contribution in [2.24, 2.45) is 0 Å². The Morgan fingerprint density at radius 1 is 1.04 bits per heavy atom. The van der Waals surface area contributed by atoms with E-state index in [4.69, 9.17) is 0 Å². The van der Waals surface area contributed by atoms with Gasteiger partial charge in [0.15, 0.2) is 0 Å². The van der Waals surface area contributed by atoms with Gasteiger partial charge in [0.2, 0.25) is 10.0 Å². The van der Waals surface area contributed by atoms with Gasteiger partial charge in [0, 0.05) is 23.2 Å². The van der Waals surface area contributed by atoms with E-state index in [2.05, 4.69) is 39.3 Å². The summed E-state index contributed by atoms with van der Waals surface area (Å²) in [6.07, 6.45) is 3.20. The summed E-state index contributed by atoms with van der Waals surface area (Å²) in [5.74, 6) is 0. The molecule has 0 amide bonds. The minimum atomic E-state index is -3.34. The SMILES string of the molecule is CC(C)n1cc(-c2ccc3[nH]c(=O)[nH]c3c2)c2ccc(NS(C)(=O)=O)cc21. The van der Waals surface area contributed by atoms with Crippen LogP contribution in [0, 0.1) is 0 Å². The summed E-state index contributed by atoms with van der Waals surface area (Å²) in [7, 11) is -3.34. The average Bonchev–Trinajstić information content (AvgIpc) is 3.11. The number of anilines is 1. The molecule has 4 rings (SSSR count). The molecule has 0 spiro atoms. The van der Waals surface area contributed by atoms with E-state index in [-0.39, 0.29) is 11.7 Å². The number of rotatable bonds is 4. The van der Waals surface area contributed by atoms with Crippen LogP contribution in [-0.4, -0.2) is 29.2 Å². The molecule has 8 heteroatoms. The van der Waals surface area contributed by atoms with Crippen molar-refractivity contribution in [3.8, 4) is 11.1 Å². The molecule has 27 heavy (non-hydrogen) atoms. The van der Waals surface area contributed by atoms with Crippen molar-refractivity contribution < 1.29 is 8.42 Å². The van der Waals surface area contributed by atoms with Crippen LogP contribution >= 0.6 is 0 Å². The Morgan fingerprint density at radius 2 is 1.78 bits per heavy atom. The number of sulfonamides is 1. The molecule has 0 bridgehead atoms. The molecule has 0 saturated carbocycles. The third kappa shape index (κ3) is 3.23. The summed E-state index contributed by atoms with van der Waals surface area (Å²) in [6, 6.07) is 11.5. The Labute approximate surface area is 156 Å². The van der Waals surface area contributed by atoms with Crippen molar-refractivity contribution in [1.82, 2.24) is 14.5 Å². The standard InChI is InChI=1S/C19H20N4O3S/c1-11(2)23-10-15(12-4-7-16-17(8-12)21-19(24)20-16)14-6-5-13(9-18(14)23)22-27(3,25)26/h4-11,22H,1-3H3,(H2,20,21,24). The largest absolute Gasteiger partial charge is 0.344 e. The zero-order valence-corrected chi connectivity index (χ0v) is 16.0. The summed E-state index contributed by atoms with van der Waals surface area (Å²) in [6.45, 7) is 4.15. The second kappa shape index (κ2) is 6.02. The fraction of sp³-hybridized carbons (Fsp3) is 0.211. The zero-order chi connectivity index (χ0) is 19.3. The number of imidazole rings is 1. The first kappa shape index (κ1) is 17.4. The first-order valence-electron chi connectivity index (χ1n) is 8.56. The van der Waals surface area contributed by atoms with Crippen LogP contribution in [-0.2, 0) is 10.0 Å². The summed E-state index contributed by atoms with van der Waals surface area (Å²) >= 11 is 0. The zero-order valence-electron chi connectivity index (χ0n) is 15.2. The molecule has 0 aliphatic rings. The van der Waals surface area contributed by atoms with Crippen LogP contribution in [0.5, 0.6) is 0 Å². The van der Waals surface area contributed by atoms with Crippen LogP contribution in [0.1, 0.15) is 19.9 Å². The second-order valence-electron chi connectivity index (χ2n) is 6.99. The van der Waals surface area contributed by atoms with Crippen molar-refractivity contribution in [3.05, 3.63) is 53.1 Å². The second-order valence-corrected chi connectivity index (χ2v) is 8.74. The van der Waals surface area contributed by atoms with Gasteiger partial charge in [-0.05, 0) is 43.7 Å². The Bertz CT molecular complexity index is 1330. The van der Waals surface area contributed by atoms with Crippen molar-refractivity contribution in [2.45, 2.75) is 19.9 Å². The first-order chi connectivity index (χ1) is 12.7. The van der Waals surface area contributed by atoms with Crippen molar-refractivity contribution in [3.63, 3.8) is 0 Å². The van der Waals surface area contributed by atoms with E-state index in [1.165, 1.54) is 0 Å². The summed E-state index contributed by atoms with van der Waals surface area (Å²) in [5, 5.41) is 1.01. The van der Waals surface area contributed by atoms with E-state index in [0.29, 0.717) is 5.69 Å². The van der Waals surface area contributed by atoms with Gasteiger partial charge in [-0.15, -0.1) is 0 Å². The van der Waals surface area contributed by atoms with Gasteiger partial charge in [0.25, 0.3) is 0 Å². The van der Waals surface area contributed by atoms with Crippen LogP contribution in [0.25, 0.3) is 33.1 Å². The number of aromatic nitrogens is 3. The predicted octanol–water partition coefficient (Wildman–Crippen LogP) is 3.43. The van der Waals surface area contributed by atoms with Crippen molar-refractivity contribution in [2.75, 3.05) is 11.0 Å².